The molecule has 0 amide bonds. The molecule has 0 bridgehead atoms. The molecule has 0 aliphatic rings. The van der Waals surface area contributed by atoms with Crippen molar-refractivity contribution in [2.45, 2.75) is 13.5 Å². The molecule has 0 fully saturated rings. The molecular formula is C18H16ClN3. The lowest BCUT2D eigenvalue weighted by Gasteiger charge is -2.10. The first-order valence-corrected chi connectivity index (χ1v) is 6.82. The lowest BCUT2D eigenvalue weighted by Crippen LogP contribution is -1.98. The summed E-state index contributed by atoms with van der Waals surface area (Å²) in [4.78, 5) is 4.06. The summed E-state index contributed by atoms with van der Waals surface area (Å²) in [6.45, 7) is 2.82. The SMILES string of the molecule is Cc1ccccc1-c1cc(Cn2ccnc2)ccc1C#N.Cl. The maximum Gasteiger partial charge on any atom is 0.0998 e. The fraction of sp³-hybridized carbons (Fsp3) is 0.111. The van der Waals surface area contributed by atoms with Crippen LogP contribution in [0.2, 0.25) is 0 Å². The van der Waals surface area contributed by atoms with Crippen molar-refractivity contribution in [2.75, 3.05) is 0 Å². The normalized spacial score (nSPS) is 9.82. The molecule has 110 valence electrons. The largest absolute Gasteiger partial charge is 0.333 e. The van der Waals surface area contributed by atoms with Crippen LogP contribution in [-0.4, -0.2) is 9.55 Å². The number of aryl methyl sites for hydroxylation is 1. The van der Waals surface area contributed by atoms with E-state index in [9.17, 15) is 5.26 Å². The van der Waals surface area contributed by atoms with E-state index < -0.39 is 0 Å². The van der Waals surface area contributed by atoms with Crippen molar-refractivity contribution in [3.63, 3.8) is 0 Å². The predicted molar refractivity (Wildman–Crippen MR) is 89.9 cm³/mol. The van der Waals surface area contributed by atoms with Gasteiger partial charge in [-0.3, -0.25) is 0 Å². The number of rotatable bonds is 3. The molecule has 0 saturated heterocycles. The van der Waals surface area contributed by atoms with Crippen molar-refractivity contribution in [3.05, 3.63) is 77.9 Å². The van der Waals surface area contributed by atoms with Crippen LogP contribution in [0.15, 0.2) is 61.2 Å². The van der Waals surface area contributed by atoms with E-state index in [1.165, 1.54) is 5.56 Å². The Bertz CT molecular complexity index is 801. The Hall–Kier alpha value is -2.57. The zero-order chi connectivity index (χ0) is 14.7. The molecule has 2 aromatic carbocycles. The Morgan fingerprint density at radius 3 is 2.64 bits per heavy atom. The van der Waals surface area contributed by atoms with Gasteiger partial charge in [0, 0.05) is 24.5 Å². The molecule has 3 aromatic rings. The van der Waals surface area contributed by atoms with Crippen molar-refractivity contribution in [1.82, 2.24) is 9.55 Å². The second-order valence-corrected chi connectivity index (χ2v) is 5.04. The highest BCUT2D eigenvalue weighted by Gasteiger charge is 2.08. The van der Waals surface area contributed by atoms with Gasteiger partial charge >= 0.3 is 0 Å². The first-order chi connectivity index (χ1) is 10.3. The van der Waals surface area contributed by atoms with Crippen LogP contribution in [0.1, 0.15) is 16.7 Å². The number of benzene rings is 2. The van der Waals surface area contributed by atoms with Crippen LogP contribution >= 0.6 is 12.4 Å². The van der Waals surface area contributed by atoms with Crippen LogP contribution in [0.4, 0.5) is 0 Å². The zero-order valence-electron chi connectivity index (χ0n) is 12.2. The zero-order valence-corrected chi connectivity index (χ0v) is 13.0. The van der Waals surface area contributed by atoms with E-state index in [4.69, 9.17) is 0 Å². The summed E-state index contributed by atoms with van der Waals surface area (Å²) in [6, 6.07) is 16.4. The van der Waals surface area contributed by atoms with Crippen LogP contribution < -0.4 is 0 Å². The lowest BCUT2D eigenvalue weighted by atomic mass is 9.94. The van der Waals surface area contributed by atoms with E-state index in [1.807, 2.05) is 35.0 Å². The van der Waals surface area contributed by atoms with Crippen LogP contribution in [0.3, 0.4) is 0 Å². The molecule has 1 heterocycles. The number of imidazole rings is 1. The monoisotopic (exact) mass is 309 g/mol. The number of hydrogen-bond donors (Lipinski definition) is 0. The number of halogens is 1. The van der Waals surface area contributed by atoms with Crippen LogP contribution in [0.5, 0.6) is 0 Å². The number of aromatic nitrogens is 2. The molecule has 22 heavy (non-hydrogen) atoms. The highest BCUT2D eigenvalue weighted by atomic mass is 35.5. The first-order valence-electron chi connectivity index (χ1n) is 6.82. The molecule has 0 aliphatic carbocycles. The fourth-order valence-electron chi connectivity index (χ4n) is 2.48. The van der Waals surface area contributed by atoms with Crippen molar-refractivity contribution < 1.29 is 0 Å². The van der Waals surface area contributed by atoms with Gasteiger partial charge in [0.05, 0.1) is 18.0 Å². The van der Waals surface area contributed by atoms with E-state index >= 15 is 0 Å². The average molecular weight is 310 g/mol. The Morgan fingerprint density at radius 1 is 1.14 bits per heavy atom. The molecule has 3 nitrogen and oxygen atoms in total. The number of nitriles is 1. The summed E-state index contributed by atoms with van der Waals surface area (Å²) >= 11 is 0. The standard InChI is InChI=1S/C18H15N3.ClH/c1-14-4-2-3-5-17(14)18-10-15(6-7-16(18)11-19)12-21-9-8-20-13-21;/h2-10,13H,12H2,1H3;1H. The molecular weight excluding hydrogens is 294 g/mol. The molecule has 4 heteroatoms. The Morgan fingerprint density at radius 2 is 1.95 bits per heavy atom. The third-order valence-corrected chi connectivity index (χ3v) is 3.56. The summed E-state index contributed by atoms with van der Waals surface area (Å²) < 4.78 is 2.02. The number of nitrogens with zero attached hydrogens (tertiary/aromatic N) is 3. The molecule has 0 aliphatic heterocycles. The fourth-order valence-corrected chi connectivity index (χ4v) is 2.48. The van der Waals surface area contributed by atoms with Crippen molar-refractivity contribution in [3.8, 4) is 17.2 Å². The van der Waals surface area contributed by atoms with Crippen LogP contribution in [-0.2, 0) is 6.54 Å². The van der Waals surface area contributed by atoms with Crippen molar-refractivity contribution in [1.29, 1.82) is 5.26 Å². The van der Waals surface area contributed by atoms with Gasteiger partial charge in [-0.25, -0.2) is 4.98 Å². The van der Waals surface area contributed by atoms with Gasteiger partial charge in [0.1, 0.15) is 0 Å². The minimum atomic E-state index is 0. The molecule has 1 aromatic heterocycles. The second-order valence-electron chi connectivity index (χ2n) is 5.04. The molecule has 0 atom stereocenters. The minimum Gasteiger partial charge on any atom is -0.333 e. The third-order valence-electron chi connectivity index (χ3n) is 3.56. The van der Waals surface area contributed by atoms with Gasteiger partial charge in [0.15, 0.2) is 0 Å². The van der Waals surface area contributed by atoms with E-state index in [-0.39, 0.29) is 12.4 Å². The van der Waals surface area contributed by atoms with Gasteiger partial charge < -0.3 is 4.57 Å². The lowest BCUT2D eigenvalue weighted by molar-refractivity contribution is 0.797. The maximum atomic E-state index is 9.35. The summed E-state index contributed by atoms with van der Waals surface area (Å²) in [5.41, 5.74) is 5.15. The molecule has 0 N–H and O–H groups in total. The Kier molecular flexibility index (Phi) is 4.98. The van der Waals surface area contributed by atoms with Crippen molar-refractivity contribution in [2.24, 2.45) is 0 Å². The maximum absolute atomic E-state index is 9.35. The van der Waals surface area contributed by atoms with Gasteiger partial charge in [0.2, 0.25) is 0 Å². The molecule has 0 unspecified atom stereocenters. The smallest absolute Gasteiger partial charge is 0.0998 e. The topological polar surface area (TPSA) is 41.6 Å². The van der Waals surface area contributed by atoms with Gasteiger partial charge in [0.25, 0.3) is 0 Å². The first kappa shape index (κ1) is 15.8. The molecule has 0 saturated carbocycles. The highest BCUT2D eigenvalue weighted by molar-refractivity contribution is 5.85. The van der Waals surface area contributed by atoms with Gasteiger partial charge in [-0.05, 0) is 35.7 Å². The number of hydrogen-bond acceptors (Lipinski definition) is 2. The van der Waals surface area contributed by atoms with E-state index in [2.05, 4.69) is 36.2 Å². The average Bonchev–Trinajstić information content (AvgIpc) is 3.01. The Balaban J connectivity index is 0.00000176. The molecule has 3 rings (SSSR count). The van der Waals surface area contributed by atoms with Gasteiger partial charge in [-0.15, -0.1) is 12.4 Å². The third kappa shape index (κ3) is 3.19. The van der Waals surface area contributed by atoms with E-state index in [0.29, 0.717) is 5.56 Å². The van der Waals surface area contributed by atoms with Crippen molar-refractivity contribution >= 4 is 12.4 Å². The van der Waals surface area contributed by atoms with Crippen LogP contribution in [0, 0.1) is 18.3 Å². The van der Waals surface area contributed by atoms with Gasteiger partial charge in [-0.2, -0.15) is 5.26 Å². The van der Waals surface area contributed by atoms with E-state index in [0.717, 1.165) is 23.2 Å². The second kappa shape index (κ2) is 6.93. The summed E-state index contributed by atoms with van der Waals surface area (Å²) in [5.74, 6) is 0. The Labute approximate surface area is 136 Å². The predicted octanol–water partition coefficient (Wildman–Crippen LogP) is 4.20. The van der Waals surface area contributed by atoms with Crippen LogP contribution in [0.25, 0.3) is 11.1 Å². The molecule has 0 spiro atoms. The highest BCUT2D eigenvalue weighted by Crippen LogP contribution is 2.27. The quantitative estimate of drug-likeness (QED) is 0.727. The summed E-state index contributed by atoms with van der Waals surface area (Å²) in [7, 11) is 0. The van der Waals surface area contributed by atoms with E-state index in [1.54, 1.807) is 12.5 Å². The van der Waals surface area contributed by atoms with Gasteiger partial charge in [-0.1, -0.05) is 30.3 Å². The summed E-state index contributed by atoms with van der Waals surface area (Å²) in [5, 5.41) is 9.35. The minimum absolute atomic E-state index is 0. The molecule has 0 radical (unpaired) electrons. The summed E-state index contributed by atoms with van der Waals surface area (Å²) in [6.07, 6.45) is 5.50.